The predicted molar refractivity (Wildman–Crippen MR) is 35.3 cm³/mol. The smallest absolute Gasteiger partial charge is 0.322 e. The molecule has 4 nitrogen and oxygen atoms in total. The highest BCUT2D eigenvalue weighted by Crippen LogP contribution is 2.04. The normalized spacial score (nSPS) is 24.9. The van der Waals surface area contributed by atoms with E-state index in [1.165, 1.54) is 0 Å². The van der Waals surface area contributed by atoms with Gasteiger partial charge in [0.1, 0.15) is 6.04 Å². The lowest BCUT2D eigenvalue weighted by atomic mass is 10.1. The largest absolute Gasteiger partial charge is 0.326 e. The summed E-state index contributed by atoms with van der Waals surface area (Å²) in [5.41, 5.74) is 0. The minimum atomic E-state index is -0.385. The zero-order valence-corrected chi connectivity index (χ0v) is 5.97. The fourth-order valence-corrected chi connectivity index (χ4v) is 0.902. The highest BCUT2D eigenvalue weighted by molar-refractivity contribution is 6.04. The van der Waals surface area contributed by atoms with Gasteiger partial charge in [-0.05, 0) is 5.92 Å². The molecule has 1 rings (SSSR count). The maximum atomic E-state index is 10.8. The van der Waals surface area contributed by atoms with E-state index < -0.39 is 0 Å². The minimum Gasteiger partial charge on any atom is -0.326 e. The monoisotopic (exact) mass is 142 g/mol. The van der Waals surface area contributed by atoms with Crippen LogP contribution in [-0.2, 0) is 4.79 Å². The molecule has 0 unspecified atom stereocenters. The Morgan fingerprint density at radius 1 is 1.40 bits per heavy atom. The molecule has 0 spiro atoms. The molecule has 1 aliphatic heterocycles. The van der Waals surface area contributed by atoms with Gasteiger partial charge in [-0.1, -0.05) is 13.8 Å². The third-order valence-electron chi connectivity index (χ3n) is 1.47. The van der Waals surface area contributed by atoms with Crippen molar-refractivity contribution in [2.24, 2.45) is 5.92 Å². The fraction of sp³-hybridized carbons (Fsp3) is 0.667. The van der Waals surface area contributed by atoms with Crippen molar-refractivity contribution in [3.05, 3.63) is 0 Å². The van der Waals surface area contributed by atoms with E-state index in [2.05, 4.69) is 10.6 Å². The van der Waals surface area contributed by atoms with Gasteiger partial charge in [0, 0.05) is 0 Å². The molecule has 0 aromatic heterocycles. The molecule has 0 aromatic rings. The van der Waals surface area contributed by atoms with Crippen molar-refractivity contribution in [1.82, 2.24) is 10.6 Å². The zero-order chi connectivity index (χ0) is 7.72. The molecule has 0 radical (unpaired) electrons. The summed E-state index contributed by atoms with van der Waals surface area (Å²) >= 11 is 0. The molecular weight excluding hydrogens is 132 g/mol. The van der Waals surface area contributed by atoms with Crippen LogP contribution >= 0.6 is 0 Å². The third kappa shape index (κ3) is 1.10. The number of carbonyl (C=O) groups excluding carboxylic acids is 2. The molecule has 4 heteroatoms. The van der Waals surface area contributed by atoms with Crippen LogP contribution in [0.5, 0.6) is 0 Å². The van der Waals surface area contributed by atoms with Crippen LogP contribution in [0, 0.1) is 5.92 Å². The van der Waals surface area contributed by atoms with Crippen molar-refractivity contribution in [2.45, 2.75) is 19.9 Å². The average molecular weight is 142 g/mol. The summed E-state index contributed by atoms with van der Waals surface area (Å²) in [5.74, 6) is -0.0635. The van der Waals surface area contributed by atoms with Crippen molar-refractivity contribution in [1.29, 1.82) is 0 Å². The van der Waals surface area contributed by atoms with Gasteiger partial charge in [0.05, 0.1) is 0 Å². The molecule has 2 N–H and O–H groups in total. The van der Waals surface area contributed by atoms with E-state index in [-0.39, 0.29) is 23.9 Å². The molecule has 56 valence electrons. The number of nitrogens with one attached hydrogen (secondary N) is 2. The highest BCUT2D eigenvalue weighted by Gasteiger charge is 2.31. The van der Waals surface area contributed by atoms with Gasteiger partial charge in [0.2, 0.25) is 0 Å². The van der Waals surface area contributed by atoms with E-state index in [1.807, 2.05) is 13.8 Å². The van der Waals surface area contributed by atoms with Crippen LogP contribution < -0.4 is 10.6 Å². The molecule has 1 atom stereocenters. The third-order valence-corrected chi connectivity index (χ3v) is 1.47. The van der Waals surface area contributed by atoms with E-state index >= 15 is 0 Å². The standard InChI is InChI=1S/C6H10N2O2/c1-3(2)4-5(9)8-6(10)7-4/h3-4H,1-2H3,(H2,7,8,9,10)/t4-/m1/s1. The SMILES string of the molecule is CC(C)[C@H]1NC(=O)NC1=O. The van der Waals surface area contributed by atoms with Crippen LogP contribution in [0.4, 0.5) is 4.79 Å². The number of hydrogen-bond donors (Lipinski definition) is 2. The molecule has 10 heavy (non-hydrogen) atoms. The lowest BCUT2D eigenvalue weighted by Crippen LogP contribution is -2.33. The van der Waals surface area contributed by atoms with Crippen molar-refractivity contribution in [3.8, 4) is 0 Å². The molecule has 0 aliphatic carbocycles. The second-order valence-corrected chi connectivity index (χ2v) is 2.68. The van der Waals surface area contributed by atoms with Gasteiger partial charge in [0.25, 0.3) is 5.91 Å². The second kappa shape index (κ2) is 2.28. The zero-order valence-electron chi connectivity index (χ0n) is 5.97. The summed E-state index contributed by atoms with van der Waals surface area (Å²) in [6.07, 6.45) is 0. The molecule has 0 bridgehead atoms. The van der Waals surface area contributed by atoms with E-state index in [1.54, 1.807) is 0 Å². The van der Waals surface area contributed by atoms with Crippen LogP contribution in [0.15, 0.2) is 0 Å². The first-order valence-corrected chi connectivity index (χ1v) is 3.22. The topological polar surface area (TPSA) is 58.2 Å². The molecule has 0 aromatic carbocycles. The summed E-state index contributed by atoms with van der Waals surface area (Å²) in [5, 5.41) is 4.66. The first kappa shape index (κ1) is 7.05. The van der Waals surface area contributed by atoms with Gasteiger partial charge in [-0.25, -0.2) is 4.79 Å². The van der Waals surface area contributed by atoms with E-state index in [4.69, 9.17) is 0 Å². The summed E-state index contributed by atoms with van der Waals surface area (Å²) in [6, 6.07) is -0.726. The Hall–Kier alpha value is -1.06. The Bertz CT molecular complexity index is 177. The minimum absolute atomic E-state index is 0.159. The lowest BCUT2D eigenvalue weighted by Gasteiger charge is -2.09. The van der Waals surface area contributed by atoms with Gasteiger partial charge in [-0.15, -0.1) is 0 Å². The van der Waals surface area contributed by atoms with Crippen molar-refractivity contribution < 1.29 is 9.59 Å². The molecular formula is C6H10N2O2. The summed E-state index contributed by atoms with van der Waals surface area (Å²) < 4.78 is 0. The summed E-state index contributed by atoms with van der Waals surface area (Å²) in [6.45, 7) is 3.77. The second-order valence-electron chi connectivity index (χ2n) is 2.68. The maximum Gasteiger partial charge on any atom is 0.322 e. The van der Waals surface area contributed by atoms with E-state index in [9.17, 15) is 9.59 Å². The fourth-order valence-electron chi connectivity index (χ4n) is 0.902. The van der Waals surface area contributed by atoms with Gasteiger partial charge in [-0.3, -0.25) is 10.1 Å². The average Bonchev–Trinajstić information content (AvgIpc) is 2.10. The van der Waals surface area contributed by atoms with Crippen LogP contribution in [0.1, 0.15) is 13.8 Å². The number of imide groups is 1. The van der Waals surface area contributed by atoms with Gasteiger partial charge in [0.15, 0.2) is 0 Å². The summed E-state index contributed by atoms with van der Waals surface area (Å²) in [4.78, 5) is 21.4. The number of rotatable bonds is 1. The van der Waals surface area contributed by atoms with Gasteiger partial charge in [-0.2, -0.15) is 0 Å². The number of amides is 3. The van der Waals surface area contributed by atoms with Crippen LogP contribution in [0.2, 0.25) is 0 Å². The summed E-state index contributed by atoms with van der Waals surface area (Å²) in [7, 11) is 0. The maximum absolute atomic E-state index is 10.8. The number of urea groups is 1. The lowest BCUT2D eigenvalue weighted by molar-refractivity contribution is -0.120. The Morgan fingerprint density at radius 2 is 2.00 bits per heavy atom. The van der Waals surface area contributed by atoms with Crippen molar-refractivity contribution in [2.75, 3.05) is 0 Å². The quantitative estimate of drug-likeness (QED) is 0.500. The molecule has 1 saturated heterocycles. The van der Waals surface area contributed by atoms with Gasteiger partial charge >= 0.3 is 6.03 Å². The highest BCUT2D eigenvalue weighted by atomic mass is 16.2. The van der Waals surface area contributed by atoms with Crippen LogP contribution in [0.3, 0.4) is 0 Å². The number of carbonyl (C=O) groups is 2. The molecule has 1 heterocycles. The first-order chi connectivity index (χ1) is 4.61. The van der Waals surface area contributed by atoms with Crippen molar-refractivity contribution >= 4 is 11.9 Å². The van der Waals surface area contributed by atoms with Crippen LogP contribution in [-0.4, -0.2) is 18.0 Å². The Balaban J connectivity index is 2.63. The first-order valence-electron chi connectivity index (χ1n) is 3.22. The van der Waals surface area contributed by atoms with Crippen LogP contribution in [0.25, 0.3) is 0 Å². The Morgan fingerprint density at radius 3 is 2.20 bits per heavy atom. The Labute approximate surface area is 59.0 Å². The Kier molecular flexibility index (Phi) is 1.61. The van der Waals surface area contributed by atoms with Crippen molar-refractivity contribution in [3.63, 3.8) is 0 Å². The predicted octanol–water partition coefficient (Wildman–Crippen LogP) is -0.150. The molecule has 1 aliphatic rings. The molecule has 1 fully saturated rings. The number of hydrogen-bond acceptors (Lipinski definition) is 2. The van der Waals surface area contributed by atoms with E-state index in [0.717, 1.165) is 0 Å². The van der Waals surface area contributed by atoms with Gasteiger partial charge < -0.3 is 5.32 Å². The molecule has 3 amide bonds. The van der Waals surface area contributed by atoms with E-state index in [0.29, 0.717) is 0 Å². The molecule has 0 saturated carbocycles.